The highest BCUT2D eigenvalue weighted by Gasteiger charge is 2.40. The second kappa shape index (κ2) is 5.11. The Morgan fingerprint density at radius 3 is 1.62 bits per heavy atom. The summed E-state index contributed by atoms with van der Waals surface area (Å²) >= 11 is 0. The third kappa shape index (κ3) is 2.82. The van der Waals surface area contributed by atoms with Gasteiger partial charge in [-0.15, -0.1) is 0 Å². The van der Waals surface area contributed by atoms with Crippen LogP contribution in [0.2, 0.25) is 26.2 Å². The largest absolute Gasteiger partial charge is 0.461 e. The zero-order valence-electron chi connectivity index (χ0n) is 11.1. The molecule has 0 N–H and O–H groups in total. The minimum Gasteiger partial charge on any atom is -0.461 e. The van der Waals surface area contributed by atoms with Crippen molar-refractivity contribution in [3.8, 4) is 0 Å². The highest BCUT2D eigenvalue weighted by molar-refractivity contribution is 7.02. The van der Waals surface area contributed by atoms with Crippen molar-refractivity contribution in [1.82, 2.24) is 0 Å². The Balaban J connectivity index is 3.31. The van der Waals surface area contributed by atoms with Crippen LogP contribution in [0.25, 0.3) is 0 Å². The van der Waals surface area contributed by atoms with E-state index in [0.717, 1.165) is 21.0 Å². The van der Waals surface area contributed by atoms with Gasteiger partial charge < -0.3 is 8.23 Å². The van der Waals surface area contributed by atoms with Gasteiger partial charge in [-0.3, -0.25) is 0 Å². The first kappa shape index (κ1) is 14.1. The third-order valence-electron chi connectivity index (χ3n) is 3.18. The molecule has 0 fully saturated rings. The van der Waals surface area contributed by atoms with Gasteiger partial charge in [0.2, 0.25) is 0 Å². The SMILES string of the molecule is C[Si](C)(O[SiH3])C(=C1C=CC=C1)[Si](C)(C)O[SiH3]. The van der Waals surface area contributed by atoms with E-state index in [9.17, 15) is 0 Å². The molecule has 0 atom stereocenters. The van der Waals surface area contributed by atoms with E-state index in [4.69, 9.17) is 8.23 Å². The fourth-order valence-electron chi connectivity index (χ4n) is 2.16. The van der Waals surface area contributed by atoms with Crippen molar-refractivity contribution in [2.45, 2.75) is 26.2 Å². The molecule has 16 heavy (non-hydrogen) atoms. The summed E-state index contributed by atoms with van der Waals surface area (Å²) in [5.74, 6) is 0. The quantitative estimate of drug-likeness (QED) is 0.701. The maximum Gasteiger partial charge on any atom is 0.200 e. The van der Waals surface area contributed by atoms with Gasteiger partial charge in [-0.05, 0) is 36.6 Å². The monoisotopic (exact) mass is 286 g/mol. The van der Waals surface area contributed by atoms with Gasteiger partial charge >= 0.3 is 0 Å². The van der Waals surface area contributed by atoms with Gasteiger partial charge in [-0.1, -0.05) is 24.3 Å². The van der Waals surface area contributed by atoms with E-state index < -0.39 is 16.6 Å². The molecule has 0 unspecified atom stereocenters. The molecule has 1 aliphatic carbocycles. The van der Waals surface area contributed by atoms with Crippen LogP contribution in [0.4, 0.5) is 0 Å². The lowest BCUT2D eigenvalue weighted by molar-refractivity contribution is 0.603. The van der Waals surface area contributed by atoms with Crippen LogP contribution in [-0.2, 0) is 8.23 Å². The molecule has 0 aromatic carbocycles. The second-order valence-electron chi connectivity index (χ2n) is 4.98. The molecule has 0 saturated heterocycles. The average Bonchev–Trinajstić information content (AvgIpc) is 2.70. The smallest absolute Gasteiger partial charge is 0.200 e. The van der Waals surface area contributed by atoms with Crippen LogP contribution in [-0.4, -0.2) is 37.6 Å². The van der Waals surface area contributed by atoms with Crippen LogP contribution >= 0.6 is 0 Å². The second-order valence-corrected chi connectivity index (χ2v) is 15.8. The Morgan fingerprint density at radius 1 is 0.938 bits per heavy atom. The van der Waals surface area contributed by atoms with E-state index in [1.165, 1.54) is 10.4 Å². The highest BCUT2D eigenvalue weighted by atomic mass is 28.4. The molecule has 2 nitrogen and oxygen atoms in total. The lowest BCUT2D eigenvalue weighted by Gasteiger charge is -2.35. The van der Waals surface area contributed by atoms with E-state index in [0.29, 0.717) is 0 Å². The normalized spacial score (nSPS) is 16.4. The molecule has 0 radical (unpaired) electrons. The summed E-state index contributed by atoms with van der Waals surface area (Å²) in [6.07, 6.45) is 8.59. The summed E-state index contributed by atoms with van der Waals surface area (Å²) in [5, 5.41) is 0. The van der Waals surface area contributed by atoms with Crippen molar-refractivity contribution in [3.05, 3.63) is 34.7 Å². The molecular weight excluding hydrogens is 264 g/mol. The van der Waals surface area contributed by atoms with Gasteiger partial charge in [-0.2, -0.15) is 0 Å². The Kier molecular flexibility index (Phi) is 4.49. The summed E-state index contributed by atoms with van der Waals surface area (Å²) in [6, 6.07) is 0. The highest BCUT2D eigenvalue weighted by Crippen LogP contribution is 2.31. The van der Waals surface area contributed by atoms with Crippen LogP contribution in [0.3, 0.4) is 0 Å². The average molecular weight is 287 g/mol. The molecule has 0 spiro atoms. The lowest BCUT2D eigenvalue weighted by atomic mass is 10.3. The maximum absolute atomic E-state index is 5.92. The van der Waals surface area contributed by atoms with Crippen molar-refractivity contribution in [2.24, 2.45) is 0 Å². The molecule has 0 aromatic rings. The predicted molar refractivity (Wildman–Crippen MR) is 82.3 cm³/mol. The Bertz CT molecular complexity index is 324. The van der Waals surface area contributed by atoms with Crippen molar-refractivity contribution >= 4 is 37.6 Å². The van der Waals surface area contributed by atoms with Gasteiger partial charge in [0.25, 0.3) is 0 Å². The first-order valence-electron chi connectivity index (χ1n) is 5.55. The van der Waals surface area contributed by atoms with Crippen molar-refractivity contribution in [3.63, 3.8) is 0 Å². The molecule has 0 aliphatic heterocycles. The van der Waals surface area contributed by atoms with Gasteiger partial charge in [0.1, 0.15) is 21.0 Å². The minimum absolute atomic E-state index is 0.810. The summed E-state index contributed by atoms with van der Waals surface area (Å²) in [7, 11) is -1.84. The number of hydrogen-bond donors (Lipinski definition) is 0. The molecule has 0 bridgehead atoms. The van der Waals surface area contributed by atoms with E-state index in [1.807, 2.05) is 0 Å². The van der Waals surface area contributed by atoms with Crippen molar-refractivity contribution in [2.75, 3.05) is 0 Å². The first-order chi connectivity index (χ1) is 7.35. The molecule has 0 aromatic heterocycles. The summed E-state index contributed by atoms with van der Waals surface area (Å²) < 4.78 is 11.8. The van der Waals surface area contributed by atoms with Crippen LogP contribution in [0.5, 0.6) is 0 Å². The van der Waals surface area contributed by atoms with Crippen molar-refractivity contribution in [1.29, 1.82) is 0 Å². The van der Waals surface area contributed by atoms with Crippen LogP contribution in [0, 0.1) is 0 Å². The van der Waals surface area contributed by atoms with E-state index in [2.05, 4.69) is 50.5 Å². The van der Waals surface area contributed by atoms with E-state index in [1.54, 1.807) is 0 Å². The van der Waals surface area contributed by atoms with Gasteiger partial charge in [0, 0.05) is 0 Å². The molecule has 6 heteroatoms. The first-order valence-corrected chi connectivity index (χ1v) is 13.0. The number of rotatable bonds is 4. The molecule has 0 amide bonds. The third-order valence-corrected chi connectivity index (χ3v) is 17.9. The van der Waals surface area contributed by atoms with Gasteiger partial charge in [0.05, 0.1) is 0 Å². The fourth-order valence-corrected chi connectivity index (χ4v) is 13.2. The zero-order chi connectivity index (χ0) is 12.4. The van der Waals surface area contributed by atoms with Crippen LogP contribution in [0.15, 0.2) is 34.7 Å². The predicted octanol–water partition coefficient (Wildman–Crippen LogP) is 0.492. The molecule has 0 saturated carbocycles. The topological polar surface area (TPSA) is 18.5 Å². The fraction of sp³-hybridized carbons (Fsp3) is 0.400. The molecule has 0 heterocycles. The minimum atomic E-state index is -1.73. The summed E-state index contributed by atoms with van der Waals surface area (Å²) in [5.41, 5.74) is 1.35. The zero-order valence-corrected chi connectivity index (χ0v) is 17.1. The molecule has 1 rings (SSSR count). The number of allylic oxidation sites excluding steroid dienone is 5. The maximum atomic E-state index is 5.92. The van der Waals surface area contributed by atoms with E-state index in [-0.39, 0.29) is 0 Å². The van der Waals surface area contributed by atoms with Gasteiger partial charge in [-0.25, -0.2) is 0 Å². The number of hydrogen-bond acceptors (Lipinski definition) is 2. The Morgan fingerprint density at radius 2 is 1.31 bits per heavy atom. The Labute approximate surface area is 107 Å². The Hall–Kier alpha value is 0.00753. The molecule has 1 aliphatic rings. The summed E-state index contributed by atoms with van der Waals surface area (Å²) in [6.45, 7) is 9.16. The molecular formula is C10H22O2Si4. The molecule has 90 valence electrons. The van der Waals surface area contributed by atoms with Crippen molar-refractivity contribution < 1.29 is 8.23 Å². The lowest BCUT2D eigenvalue weighted by Crippen LogP contribution is -2.48. The standard InChI is InChI=1S/C10H22O2Si4/c1-15(2,11-13)10(16(3,4)12-14)9-7-5-6-8-9/h5-8H,1-4,13-14H3. The van der Waals surface area contributed by atoms with Crippen LogP contribution in [0.1, 0.15) is 0 Å². The summed E-state index contributed by atoms with van der Waals surface area (Å²) in [4.78, 5) is 1.51. The van der Waals surface area contributed by atoms with E-state index >= 15 is 0 Å². The van der Waals surface area contributed by atoms with Gasteiger partial charge in [0.15, 0.2) is 16.6 Å². The van der Waals surface area contributed by atoms with Crippen LogP contribution < -0.4 is 0 Å².